The van der Waals surface area contributed by atoms with E-state index in [2.05, 4.69) is 15.0 Å². The molecule has 0 radical (unpaired) electrons. The van der Waals surface area contributed by atoms with Crippen molar-refractivity contribution in [3.8, 4) is 0 Å². The van der Waals surface area contributed by atoms with Gasteiger partial charge in [0.1, 0.15) is 5.82 Å². The molecule has 0 spiro atoms. The van der Waals surface area contributed by atoms with E-state index in [-0.39, 0.29) is 16.5 Å². The largest absolute Gasteiger partial charge is 0.352 e. The summed E-state index contributed by atoms with van der Waals surface area (Å²) in [4.78, 5) is 15.9. The van der Waals surface area contributed by atoms with Crippen LogP contribution in [-0.4, -0.2) is 31.9 Å². The number of aryl methyl sites for hydroxylation is 1. The molecule has 0 fully saturated rings. The summed E-state index contributed by atoms with van der Waals surface area (Å²) in [5.41, 5.74) is 1.25. The molecule has 0 saturated heterocycles. The van der Waals surface area contributed by atoms with Gasteiger partial charge in [0, 0.05) is 18.4 Å². The van der Waals surface area contributed by atoms with Gasteiger partial charge in [-0.2, -0.15) is 0 Å². The van der Waals surface area contributed by atoms with Crippen LogP contribution >= 0.6 is 0 Å². The number of benzene rings is 1. The van der Waals surface area contributed by atoms with E-state index in [4.69, 9.17) is 0 Å². The maximum Gasteiger partial charge on any atom is 0.241 e. The number of halogens is 1. The molecule has 1 heterocycles. The van der Waals surface area contributed by atoms with E-state index in [1.54, 1.807) is 12.4 Å². The van der Waals surface area contributed by atoms with Gasteiger partial charge in [0.15, 0.2) is 0 Å². The highest BCUT2D eigenvalue weighted by Gasteiger charge is 2.18. The number of hydrogen-bond donors (Lipinski definition) is 2. The lowest BCUT2D eigenvalue weighted by Gasteiger charge is -2.14. The van der Waals surface area contributed by atoms with Crippen LogP contribution in [0, 0.1) is 12.7 Å². The van der Waals surface area contributed by atoms with E-state index < -0.39 is 28.3 Å². The molecule has 2 aromatic rings. The van der Waals surface area contributed by atoms with E-state index in [1.807, 2.05) is 19.1 Å². The van der Waals surface area contributed by atoms with Crippen molar-refractivity contribution in [1.29, 1.82) is 0 Å². The van der Waals surface area contributed by atoms with Crippen molar-refractivity contribution in [2.45, 2.75) is 31.2 Å². The first-order chi connectivity index (χ1) is 11.8. The van der Waals surface area contributed by atoms with Gasteiger partial charge < -0.3 is 5.32 Å². The number of amides is 1. The zero-order valence-electron chi connectivity index (χ0n) is 14.0. The zero-order chi connectivity index (χ0) is 18.4. The molecule has 1 aromatic carbocycles. The van der Waals surface area contributed by atoms with Gasteiger partial charge in [-0.1, -0.05) is 6.07 Å². The van der Waals surface area contributed by atoms with Crippen LogP contribution in [0.3, 0.4) is 0 Å². The number of aromatic nitrogens is 1. The number of nitrogens with one attached hydrogen (secondary N) is 2. The highest BCUT2D eigenvalue weighted by molar-refractivity contribution is 7.89. The lowest BCUT2D eigenvalue weighted by atomic mass is 10.1. The predicted octanol–water partition coefficient (Wildman–Crippen LogP) is 1.55. The van der Waals surface area contributed by atoms with E-state index in [9.17, 15) is 17.6 Å². The number of nitrogens with zero attached hydrogens (tertiary/aromatic N) is 1. The monoisotopic (exact) mass is 365 g/mol. The Hall–Kier alpha value is -2.32. The maximum atomic E-state index is 13.1. The topological polar surface area (TPSA) is 88.2 Å². The Balaban J connectivity index is 1.90. The van der Waals surface area contributed by atoms with Crippen LogP contribution in [0.15, 0.2) is 47.6 Å². The lowest BCUT2D eigenvalue weighted by molar-refractivity contribution is -0.120. The molecule has 8 heteroatoms. The fourth-order valence-corrected chi connectivity index (χ4v) is 3.61. The Morgan fingerprint density at radius 3 is 2.72 bits per heavy atom. The predicted molar refractivity (Wildman–Crippen MR) is 91.9 cm³/mol. The van der Waals surface area contributed by atoms with Gasteiger partial charge in [0.2, 0.25) is 15.9 Å². The fraction of sp³-hybridized carbons (Fsp3) is 0.294. The Morgan fingerprint density at radius 1 is 1.32 bits per heavy atom. The number of pyridine rings is 1. The highest BCUT2D eigenvalue weighted by atomic mass is 32.2. The molecule has 0 aliphatic rings. The highest BCUT2D eigenvalue weighted by Crippen LogP contribution is 2.15. The molecule has 2 N–H and O–H groups in total. The molecular formula is C17H20FN3O3S. The first kappa shape index (κ1) is 19.0. The Labute approximate surface area is 146 Å². The minimum Gasteiger partial charge on any atom is -0.352 e. The van der Waals surface area contributed by atoms with Crippen molar-refractivity contribution >= 4 is 15.9 Å². The molecule has 0 unspecified atom stereocenters. The number of rotatable bonds is 7. The molecule has 25 heavy (non-hydrogen) atoms. The average Bonchev–Trinajstić information content (AvgIpc) is 2.53. The van der Waals surface area contributed by atoms with E-state index in [0.717, 1.165) is 17.7 Å². The van der Waals surface area contributed by atoms with Gasteiger partial charge in [-0.25, -0.2) is 17.5 Å². The van der Waals surface area contributed by atoms with Crippen molar-refractivity contribution in [1.82, 2.24) is 15.0 Å². The van der Waals surface area contributed by atoms with Crippen molar-refractivity contribution in [3.63, 3.8) is 0 Å². The SMILES string of the molecule is Cc1cc(F)ccc1S(=O)(=O)NCC(=O)N[C@H](C)Cc1cccnc1. The summed E-state index contributed by atoms with van der Waals surface area (Å²) < 4.78 is 39.8. The maximum absolute atomic E-state index is 13.1. The smallest absolute Gasteiger partial charge is 0.241 e. The van der Waals surface area contributed by atoms with Crippen LogP contribution in [0.2, 0.25) is 0 Å². The Bertz CT molecular complexity index is 841. The molecule has 0 aliphatic heterocycles. The summed E-state index contributed by atoms with van der Waals surface area (Å²) in [5.74, 6) is -0.960. The van der Waals surface area contributed by atoms with Gasteiger partial charge in [-0.05, 0) is 55.7 Å². The number of sulfonamides is 1. The molecule has 134 valence electrons. The first-order valence-electron chi connectivity index (χ1n) is 7.72. The average molecular weight is 365 g/mol. The lowest BCUT2D eigenvalue weighted by Crippen LogP contribution is -2.41. The quantitative estimate of drug-likeness (QED) is 0.779. The van der Waals surface area contributed by atoms with Crippen LogP contribution < -0.4 is 10.0 Å². The fourth-order valence-electron chi connectivity index (χ4n) is 2.40. The van der Waals surface area contributed by atoms with Gasteiger partial charge in [-0.3, -0.25) is 9.78 Å². The Morgan fingerprint density at radius 2 is 2.08 bits per heavy atom. The molecule has 0 bridgehead atoms. The summed E-state index contributed by atoms with van der Waals surface area (Å²) in [6.45, 7) is 2.92. The van der Waals surface area contributed by atoms with Crippen LogP contribution in [0.5, 0.6) is 0 Å². The second-order valence-electron chi connectivity index (χ2n) is 5.77. The second-order valence-corrected chi connectivity index (χ2v) is 7.50. The standard InChI is InChI=1S/C17H20FN3O3S/c1-12-8-15(18)5-6-16(12)25(23,24)20-11-17(22)21-13(2)9-14-4-3-7-19-10-14/h3-8,10,13,20H,9,11H2,1-2H3,(H,21,22)/t13-/m1/s1. The molecule has 1 amide bonds. The molecule has 0 aliphatic carbocycles. The minimum atomic E-state index is -3.88. The Kier molecular flexibility index (Phi) is 6.22. The van der Waals surface area contributed by atoms with Crippen molar-refractivity contribution in [3.05, 3.63) is 59.7 Å². The van der Waals surface area contributed by atoms with Crippen molar-refractivity contribution in [2.24, 2.45) is 0 Å². The van der Waals surface area contributed by atoms with Gasteiger partial charge in [0.05, 0.1) is 11.4 Å². The molecule has 1 aromatic heterocycles. The molecular weight excluding hydrogens is 345 g/mol. The first-order valence-corrected chi connectivity index (χ1v) is 9.20. The third-order valence-electron chi connectivity index (χ3n) is 3.52. The summed E-state index contributed by atoms with van der Waals surface area (Å²) >= 11 is 0. The molecule has 2 rings (SSSR count). The van der Waals surface area contributed by atoms with Crippen LogP contribution in [0.1, 0.15) is 18.1 Å². The van der Waals surface area contributed by atoms with Crippen LogP contribution in [-0.2, 0) is 21.2 Å². The molecule has 1 atom stereocenters. The zero-order valence-corrected chi connectivity index (χ0v) is 14.8. The number of hydrogen-bond acceptors (Lipinski definition) is 4. The van der Waals surface area contributed by atoms with Gasteiger partial charge >= 0.3 is 0 Å². The van der Waals surface area contributed by atoms with Gasteiger partial charge in [-0.15, -0.1) is 0 Å². The van der Waals surface area contributed by atoms with E-state index >= 15 is 0 Å². The van der Waals surface area contributed by atoms with Crippen molar-refractivity contribution in [2.75, 3.05) is 6.54 Å². The third kappa shape index (κ3) is 5.61. The van der Waals surface area contributed by atoms with E-state index in [0.29, 0.717) is 6.42 Å². The summed E-state index contributed by atoms with van der Waals surface area (Å²) in [6, 6.07) is 6.91. The van der Waals surface area contributed by atoms with E-state index in [1.165, 1.54) is 13.0 Å². The van der Waals surface area contributed by atoms with Crippen LogP contribution in [0.4, 0.5) is 4.39 Å². The van der Waals surface area contributed by atoms with Crippen LogP contribution in [0.25, 0.3) is 0 Å². The third-order valence-corrected chi connectivity index (χ3v) is 5.08. The summed E-state index contributed by atoms with van der Waals surface area (Å²) in [7, 11) is -3.88. The summed E-state index contributed by atoms with van der Waals surface area (Å²) in [5, 5.41) is 2.72. The van der Waals surface area contributed by atoms with Gasteiger partial charge in [0.25, 0.3) is 0 Å². The second kappa shape index (κ2) is 8.17. The normalized spacial score (nSPS) is 12.6. The number of carbonyl (C=O) groups is 1. The summed E-state index contributed by atoms with van der Waals surface area (Å²) in [6.07, 6.45) is 3.96. The molecule has 0 saturated carbocycles. The molecule has 6 nitrogen and oxygen atoms in total. The van der Waals surface area contributed by atoms with Crippen molar-refractivity contribution < 1.29 is 17.6 Å². The number of carbonyl (C=O) groups excluding carboxylic acids is 1. The minimum absolute atomic E-state index is 0.0508.